The molecule has 18 heavy (non-hydrogen) atoms. The summed E-state index contributed by atoms with van der Waals surface area (Å²) in [5.74, 6) is -0.425. The number of ether oxygens (including phenoxy) is 1. The molecule has 0 bridgehead atoms. The molecule has 1 fully saturated rings. The molecule has 1 N–H and O–H groups in total. The molecule has 0 radical (unpaired) electrons. The topological polar surface area (TPSA) is 38.3 Å². The van der Waals surface area contributed by atoms with Crippen LogP contribution in [0.4, 0.5) is 0 Å². The standard InChI is InChI=1S/C13H16ClNO2.ClH/c1-17-13(16)12(11-3-2-8-15-11)9-4-6-10(14)7-5-9;/h4-7,11-12,15H,2-3,8H2,1H3;1H/t11-,12+;/m0./s1. The fourth-order valence-corrected chi connectivity index (χ4v) is 2.45. The molecule has 2 rings (SSSR count). The van der Waals surface area contributed by atoms with Gasteiger partial charge in [0.1, 0.15) is 0 Å². The third kappa shape index (κ3) is 3.37. The molecule has 100 valence electrons. The third-order valence-corrected chi connectivity index (χ3v) is 3.44. The van der Waals surface area contributed by atoms with E-state index >= 15 is 0 Å². The van der Waals surface area contributed by atoms with Crippen LogP contribution in [0.15, 0.2) is 24.3 Å². The summed E-state index contributed by atoms with van der Waals surface area (Å²) in [6, 6.07) is 7.57. The Labute approximate surface area is 118 Å². The Kier molecular flexibility index (Phi) is 5.93. The van der Waals surface area contributed by atoms with Crippen molar-refractivity contribution in [2.75, 3.05) is 13.7 Å². The first kappa shape index (κ1) is 15.3. The van der Waals surface area contributed by atoms with Gasteiger partial charge in [0, 0.05) is 11.1 Å². The summed E-state index contributed by atoms with van der Waals surface area (Å²) in [7, 11) is 1.43. The maximum atomic E-state index is 11.9. The van der Waals surface area contributed by atoms with E-state index in [1.54, 1.807) is 0 Å². The summed E-state index contributed by atoms with van der Waals surface area (Å²) in [5, 5.41) is 4.03. The lowest BCUT2D eigenvalue weighted by molar-refractivity contribution is -0.143. The zero-order chi connectivity index (χ0) is 12.3. The van der Waals surface area contributed by atoms with Gasteiger partial charge in [0.15, 0.2) is 0 Å². The third-order valence-electron chi connectivity index (χ3n) is 3.19. The second-order valence-corrected chi connectivity index (χ2v) is 4.69. The first-order valence-corrected chi connectivity index (χ1v) is 6.17. The van der Waals surface area contributed by atoms with Gasteiger partial charge in [0.2, 0.25) is 0 Å². The summed E-state index contributed by atoms with van der Waals surface area (Å²) >= 11 is 5.86. The van der Waals surface area contributed by atoms with Gasteiger partial charge < -0.3 is 10.1 Å². The van der Waals surface area contributed by atoms with Crippen molar-refractivity contribution in [1.82, 2.24) is 5.32 Å². The summed E-state index contributed by atoms with van der Waals surface area (Å²) in [4.78, 5) is 11.9. The van der Waals surface area contributed by atoms with Crippen LogP contribution in [-0.4, -0.2) is 25.7 Å². The summed E-state index contributed by atoms with van der Waals surface area (Å²) in [6.07, 6.45) is 2.11. The molecule has 1 aromatic rings. The minimum Gasteiger partial charge on any atom is -0.469 e. The zero-order valence-corrected chi connectivity index (χ0v) is 11.8. The van der Waals surface area contributed by atoms with Crippen LogP contribution < -0.4 is 5.32 Å². The Balaban J connectivity index is 0.00000162. The Morgan fingerprint density at radius 1 is 1.44 bits per heavy atom. The Morgan fingerprint density at radius 2 is 2.11 bits per heavy atom. The van der Waals surface area contributed by atoms with Crippen LogP contribution in [0.1, 0.15) is 24.3 Å². The van der Waals surface area contributed by atoms with E-state index in [1.165, 1.54) is 7.11 Å². The van der Waals surface area contributed by atoms with E-state index in [0.717, 1.165) is 24.9 Å². The maximum Gasteiger partial charge on any atom is 0.314 e. The molecule has 0 spiro atoms. The van der Waals surface area contributed by atoms with Crippen LogP contribution in [0, 0.1) is 0 Å². The van der Waals surface area contributed by atoms with E-state index < -0.39 is 0 Å². The molecule has 0 amide bonds. The van der Waals surface area contributed by atoms with Crippen molar-refractivity contribution >= 4 is 30.0 Å². The second-order valence-electron chi connectivity index (χ2n) is 4.26. The van der Waals surface area contributed by atoms with E-state index in [1.807, 2.05) is 24.3 Å². The number of hydrogen-bond acceptors (Lipinski definition) is 3. The molecule has 1 aliphatic rings. The van der Waals surface area contributed by atoms with E-state index in [-0.39, 0.29) is 30.3 Å². The monoisotopic (exact) mass is 289 g/mol. The SMILES string of the molecule is COC(=O)[C@H](c1ccc(Cl)cc1)[C@@H]1CCCN1.Cl. The zero-order valence-electron chi connectivity index (χ0n) is 10.2. The predicted octanol–water partition coefficient (Wildman–Crippen LogP) is 2.77. The van der Waals surface area contributed by atoms with Gasteiger partial charge in [-0.3, -0.25) is 4.79 Å². The number of rotatable bonds is 3. The molecular formula is C13H17Cl2NO2. The van der Waals surface area contributed by atoms with Gasteiger partial charge >= 0.3 is 5.97 Å². The van der Waals surface area contributed by atoms with Gasteiger partial charge in [0.05, 0.1) is 13.0 Å². The molecule has 0 aliphatic carbocycles. The van der Waals surface area contributed by atoms with Crippen LogP contribution in [0.2, 0.25) is 5.02 Å². The summed E-state index contributed by atoms with van der Waals surface area (Å²) in [5.41, 5.74) is 0.959. The molecule has 1 saturated heterocycles. The Bertz CT molecular complexity index is 388. The van der Waals surface area contributed by atoms with Crippen LogP contribution in [0.5, 0.6) is 0 Å². The lowest BCUT2D eigenvalue weighted by atomic mass is 9.90. The van der Waals surface area contributed by atoms with Crippen LogP contribution in [-0.2, 0) is 9.53 Å². The van der Waals surface area contributed by atoms with E-state index in [2.05, 4.69) is 5.32 Å². The van der Waals surface area contributed by atoms with Crippen molar-refractivity contribution in [2.45, 2.75) is 24.8 Å². The smallest absolute Gasteiger partial charge is 0.314 e. The molecule has 1 heterocycles. The van der Waals surface area contributed by atoms with Crippen molar-refractivity contribution in [3.8, 4) is 0 Å². The Morgan fingerprint density at radius 3 is 2.61 bits per heavy atom. The van der Waals surface area contributed by atoms with Gasteiger partial charge in [0.25, 0.3) is 0 Å². The molecule has 1 aromatic carbocycles. The van der Waals surface area contributed by atoms with Crippen LogP contribution in [0.25, 0.3) is 0 Å². The number of hydrogen-bond donors (Lipinski definition) is 1. The lowest BCUT2D eigenvalue weighted by Gasteiger charge is -2.21. The van der Waals surface area contributed by atoms with Gasteiger partial charge in [-0.2, -0.15) is 0 Å². The lowest BCUT2D eigenvalue weighted by Crippen LogP contribution is -2.34. The average Bonchev–Trinajstić information content (AvgIpc) is 2.85. The number of esters is 1. The Hall–Kier alpha value is -0.770. The molecule has 2 atom stereocenters. The van der Waals surface area contributed by atoms with E-state index in [4.69, 9.17) is 16.3 Å². The van der Waals surface area contributed by atoms with Gasteiger partial charge in [-0.25, -0.2) is 0 Å². The molecule has 0 aromatic heterocycles. The highest BCUT2D eigenvalue weighted by molar-refractivity contribution is 6.30. The fraction of sp³-hybridized carbons (Fsp3) is 0.462. The minimum atomic E-state index is -0.236. The van der Waals surface area contributed by atoms with Gasteiger partial charge in [-0.15, -0.1) is 12.4 Å². The van der Waals surface area contributed by atoms with E-state index in [9.17, 15) is 4.79 Å². The normalized spacial score (nSPS) is 20.0. The largest absolute Gasteiger partial charge is 0.469 e. The highest BCUT2D eigenvalue weighted by Crippen LogP contribution is 2.27. The highest BCUT2D eigenvalue weighted by atomic mass is 35.5. The number of benzene rings is 1. The van der Waals surface area contributed by atoms with Gasteiger partial charge in [-0.1, -0.05) is 23.7 Å². The number of carbonyl (C=O) groups excluding carboxylic acids is 1. The number of methoxy groups -OCH3 is 1. The van der Waals surface area contributed by atoms with Crippen molar-refractivity contribution < 1.29 is 9.53 Å². The van der Waals surface area contributed by atoms with Crippen molar-refractivity contribution in [3.63, 3.8) is 0 Å². The predicted molar refractivity (Wildman–Crippen MR) is 74.5 cm³/mol. The minimum absolute atomic E-state index is 0. The van der Waals surface area contributed by atoms with Crippen LogP contribution in [0.3, 0.4) is 0 Å². The van der Waals surface area contributed by atoms with Crippen molar-refractivity contribution in [1.29, 1.82) is 0 Å². The molecular weight excluding hydrogens is 273 g/mol. The number of carbonyl (C=O) groups is 1. The quantitative estimate of drug-likeness (QED) is 0.870. The molecule has 1 aliphatic heterocycles. The summed E-state index contributed by atoms with van der Waals surface area (Å²) in [6.45, 7) is 0.964. The van der Waals surface area contributed by atoms with Gasteiger partial charge in [-0.05, 0) is 37.1 Å². The number of halogens is 2. The first-order valence-electron chi connectivity index (χ1n) is 5.79. The molecule has 3 nitrogen and oxygen atoms in total. The number of nitrogens with one attached hydrogen (secondary N) is 1. The average molecular weight is 290 g/mol. The molecule has 0 unspecified atom stereocenters. The molecule has 0 saturated carbocycles. The van der Waals surface area contributed by atoms with Crippen LogP contribution >= 0.6 is 24.0 Å². The van der Waals surface area contributed by atoms with Crippen molar-refractivity contribution in [2.24, 2.45) is 0 Å². The highest BCUT2D eigenvalue weighted by Gasteiger charge is 2.32. The maximum absolute atomic E-state index is 11.9. The van der Waals surface area contributed by atoms with E-state index in [0.29, 0.717) is 5.02 Å². The first-order chi connectivity index (χ1) is 8.22. The summed E-state index contributed by atoms with van der Waals surface area (Å²) < 4.78 is 4.90. The van der Waals surface area contributed by atoms with Crippen molar-refractivity contribution in [3.05, 3.63) is 34.9 Å². The second kappa shape index (κ2) is 6.98. The fourth-order valence-electron chi connectivity index (χ4n) is 2.33. The molecule has 5 heteroatoms.